The summed E-state index contributed by atoms with van der Waals surface area (Å²) < 4.78 is 23.6. The molecule has 2 aromatic carbocycles. The summed E-state index contributed by atoms with van der Waals surface area (Å²) in [5.74, 6) is 0.410. The lowest BCUT2D eigenvalue weighted by Crippen LogP contribution is -2.33. The summed E-state index contributed by atoms with van der Waals surface area (Å²) in [6.45, 7) is 2.48. The molecular formula is C20H18FN3O4S. The highest BCUT2D eigenvalue weighted by Gasteiger charge is 2.38. The van der Waals surface area contributed by atoms with Gasteiger partial charge in [0.2, 0.25) is 18.6 Å². The molecule has 0 spiro atoms. The molecule has 1 saturated heterocycles. The zero-order valence-electron chi connectivity index (χ0n) is 15.6. The molecule has 7 nitrogen and oxygen atoms in total. The van der Waals surface area contributed by atoms with E-state index in [-0.39, 0.29) is 30.8 Å². The minimum atomic E-state index is -0.567. The van der Waals surface area contributed by atoms with Crippen molar-refractivity contribution in [3.63, 3.8) is 0 Å². The molecule has 0 aromatic heterocycles. The third-order valence-corrected chi connectivity index (χ3v) is 5.59. The normalized spacial score (nSPS) is 19.1. The number of nitrogens with one attached hydrogen (secondary N) is 1. The summed E-state index contributed by atoms with van der Waals surface area (Å²) in [6.07, 6.45) is -0.00245. The van der Waals surface area contributed by atoms with Gasteiger partial charge in [-0.25, -0.2) is 9.38 Å². The largest absolute Gasteiger partial charge is 0.454 e. The number of thioether (sulfide) groups is 1. The smallest absolute Gasteiger partial charge is 0.242 e. The molecule has 1 fully saturated rings. The molecule has 2 heterocycles. The van der Waals surface area contributed by atoms with Gasteiger partial charge in [-0.3, -0.25) is 14.5 Å². The maximum atomic E-state index is 13.0. The number of nitrogens with zero attached hydrogens (tertiary/aromatic N) is 2. The fraction of sp³-hybridized carbons (Fsp3) is 0.250. The lowest BCUT2D eigenvalue weighted by molar-refractivity contribution is -0.128. The van der Waals surface area contributed by atoms with E-state index >= 15 is 0 Å². The molecule has 0 aliphatic carbocycles. The van der Waals surface area contributed by atoms with Gasteiger partial charge in [-0.05, 0) is 43.3 Å². The van der Waals surface area contributed by atoms with Gasteiger partial charge in [-0.2, -0.15) is 0 Å². The van der Waals surface area contributed by atoms with Crippen LogP contribution >= 0.6 is 11.8 Å². The van der Waals surface area contributed by atoms with Gasteiger partial charge in [-0.1, -0.05) is 11.8 Å². The molecule has 1 N–H and O–H groups in total. The highest BCUT2D eigenvalue weighted by molar-refractivity contribution is 8.15. The van der Waals surface area contributed by atoms with Crippen LogP contribution in [0.4, 0.5) is 15.8 Å². The maximum absolute atomic E-state index is 13.0. The molecule has 150 valence electrons. The number of halogens is 1. The quantitative estimate of drug-likeness (QED) is 0.808. The van der Waals surface area contributed by atoms with Crippen molar-refractivity contribution < 1.29 is 23.5 Å². The second-order valence-electron chi connectivity index (χ2n) is 6.38. The van der Waals surface area contributed by atoms with E-state index in [1.54, 1.807) is 23.1 Å². The number of carbonyl (C=O) groups excluding carboxylic acids is 2. The van der Waals surface area contributed by atoms with Crippen molar-refractivity contribution in [2.45, 2.75) is 18.6 Å². The highest BCUT2D eigenvalue weighted by atomic mass is 32.2. The molecule has 0 radical (unpaired) electrons. The Labute approximate surface area is 170 Å². The summed E-state index contributed by atoms with van der Waals surface area (Å²) >= 11 is 1.25. The number of amides is 2. The molecule has 9 heteroatoms. The van der Waals surface area contributed by atoms with E-state index in [2.05, 4.69) is 10.3 Å². The van der Waals surface area contributed by atoms with Crippen LogP contribution in [0.2, 0.25) is 0 Å². The van der Waals surface area contributed by atoms with Gasteiger partial charge in [0.15, 0.2) is 16.7 Å². The third kappa shape index (κ3) is 4.19. The summed E-state index contributed by atoms with van der Waals surface area (Å²) in [4.78, 5) is 31.2. The van der Waals surface area contributed by atoms with Crippen LogP contribution in [0.5, 0.6) is 11.5 Å². The van der Waals surface area contributed by atoms with Gasteiger partial charge >= 0.3 is 0 Å². The van der Waals surface area contributed by atoms with Crippen LogP contribution in [0.3, 0.4) is 0 Å². The van der Waals surface area contributed by atoms with E-state index in [0.717, 1.165) is 0 Å². The first-order chi connectivity index (χ1) is 14.0. The van der Waals surface area contributed by atoms with Gasteiger partial charge in [-0.15, -0.1) is 0 Å². The van der Waals surface area contributed by atoms with E-state index in [4.69, 9.17) is 9.47 Å². The fourth-order valence-electron chi connectivity index (χ4n) is 2.99. The number of hydrogen-bond donors (Lipinski definition) is 1. The number of anilines is 1. The summed E-state index contributed by atoms with van der Waals surface area (Å²) in [6, 6.07) is 10.8. The van der Waals surface area contributed by atoms with Crippen LogP contribution < -0.4 is 14.8 Å². The van der Waals surface area contributed by atoms with Crippen molar-refractivity contribution in [1.29, 1.82) is 0 Å². The first-order valence-corrected chi connectivity index (χ1v) is 9.93. The Balaban J connectivity index is 1.46. The van der Waals surface area contributed by atoms with Crippen molar-refractivity contribution in [3.05, 3.63) is 48.3 Å². The van der Waals surface area contributed by atoms with E-state index < -0.39 is 5.25 Å². The molecule has 2 aliphatic rings. The summed E-state index contributed by atoms with van der Waals surface area (Å²) in [5.41, 5.74) is 1.12. The van der Waals surface area contributed by atoms with E-state index in [1.807, 2.05) is 6.92 Å². The van der Waals surface area contributed by atoms with Crippen molar-refractivity contribution >= 4 is 40.1 Å². The lowest BCUT2D eigenvalue weighted by Gasteiger charge is -2.13. The van der Waals surface area contributed by atoms with Gasteiger partial charge in [0, 0.05) is 24.7 Å². The number of hydrogen-bond acceptors (Lipinski definition) is 6. The first kappa shape index (κ1) is 19.3. The highest BCUT2D eigenvalue weighted by Crippen LogP contribution is 2.37. The number of fused-ring (bicyclic) bond motifs is 1. The van der Waals surface area contributed by atoms with Gasteiger partial charge in [0.25, 0.3) is 0 Å². The average molecular weight is 415 g/mol. The van der Waals surface area contributed by atoms with Crippen LogP contribution in [-0.4, -0.2) is 40.5 Å². The molecule has 2 amide bonds. The van der Waals surface area contributed by atoms with Crippen LogP contribution in [0.25, 0.3) is 0 Å². The average Bonchev–Trinajstić information content (AvgIpc) is 3.28. The molecular weight excluding hydrogens is 397 g/mol. The van der Waals surface area contributed by atoms with Crippen LogP contribution in [-0.2, 0) is 9.59 Å². The number of carbonyl (C=O) groups is 2. The second kappa shape index (κ2) is 8.12. The minimum Gasteiger partial charge on any atom is -0.454 e. The Morgan fingerprint density at radius 2 is 2.00 bits per heavy atom. The van der Waals surface area contributed by atoms with Crippen LogP contribution in [0.15, 0.2) is 47.5 Å². The van der Waals surface area contributed by atoms with Crippen molar-refractivity contribution in [3.8, 4) is 11.5 Å². The predicted octanol–water partition coefficient (Wildman–Crippen LogP) is 3.53. The Morgan fingerprint density at radius 1 is 1.24 bits per heavy atom. The monoisotopic (exact) mass is 415 g/mol. The molecule has 2 aromatic rings. The fourth-order valence-corrected chi connectivity index (χ4v) is 4.22. The standard InChI is InChI=1S/C20H18FN3O4S/c1-2-24-19(26)17(10-18(25)22-13-5-3-12(21)4-6-13)29-20(24)23-14-7-8-15-16(9-14)28-11-27-15/h3-9,17H,2,10-11H2,1H3,(H,22,25). The van der Waals surface area contributed by atoms with Crippen molar-refractivity contribution in [2.24, 2.45) is 4.99 Å². The van der Waals surface area contributed by atoms with Crippen molar-refractivity contribution in [2.75, 3.05) is 18.7 Å². The number of amidine groups is 1. The number of aliphatic imine (C=N–C) groups is 1. The molecule has 0 bridgehead atoms. The number of benzene rings is 2. The van der Waals surface area contributed by atoms with Gasteiger partial charge in [0.05, 0.1) is 5.69 Å². The summed E-state index contributed by atoms with van der Waals surface area (Å²) in [7, 11) is 0. The second-order valence-corrected chi connectivity index (χ2v) is 7.55. The van der Waals surface area contributed by atoms with Gasteiger partial charge < -0.3 is 14.8 Å². The van der Waals surface area contributed by atoms with Gasteiger partial charge in [0.1, 0.15) is 11.1 Å². The Hall–Kier alpha value is -3.07. The third-order valence-electron chi connectivity index (χ3n) is 4.42. The molecule has 1 atom stereocenters. The zero-order valence-corrected chi connectivity index (χ0v) is 16.4. The number of ether oxygens (including phenoxy) is 2. The SMILES string of the molecule is CCN1C(=O)C(CC(=O)Nc2ccc(F)cc2)SC1=Nc1ccc2c(c1)OCO2. The lowest BCUT2D eigenvalue weighted by atomic mass is 10.2. The Bertz CT molecular complexity index is 980. The summed E-state index contributed by atoms with van der Waals surface area (Å²) in [5, 5.41) is 2.65. The van der Waals surface area contributed by atoms with Crippen molar-refractivity contribution in [1.82, 2.24) is 4.90 Å². The number of rotatable bonds is 5. The molecule has 29 heavy (non-hydrogen) atoms. The molecule has 2 aliphatic heterocycles. The topological polar surface area (TPSA) is 80.2 Å². The predicted molar refractivity (Wildman–Crippen MR) is 108 cm³/mol. The van der Waals surface area contributed by atoms with E-state index in [9.17, 15) is 14.0 Å². The molecule has 1 unspecified atom stereocenters. The molecule has 0 saturated carbocycles. The molecule has 4 rings (SSSR count). The van der Waals surface area contributed by atoms with Crippen LogP contribution in [0, 0.1) is 5.82 Å². The first-order valence-electron chi connectivity index (χ1n) is 9.05. The zero-order chi connectivity index (χ0) is 20.4. The Morgan fingerprint density at radius 3 is 2.76 bits per heavy atom. The van der Waals surface area contributed by atoms with E-state index in [0.29, 0.717) is 34.6 Å². The minimum absolute atomic E-state index is 0.00245. The van der Waals surface area contributed by atoms with E-state index in [1.165, 1.54) is 36.0 Å². The Kier molecular flexibility index (Phi) is 5.39. The maximum Gasteiger partial charge on any atom is 0.242 e. The van der Waals surface area contributed by atoms with Crippen LogP contribution in [0.1, 0.15) is 13.3 Å².